The maximum absolute atomic E-state index is 12.5. The fourth-order valence-electron chi connectivity index (χ4n) is 2.94. The summed E-state index contributed by atoms with van der Waals surface area (Å²) in [6, 6.07) is 8.61. The average molecular weight is 273 g/mol. The zero-order valence-electron chi connectivity index (χ0n) is 13.1. The molecule has 1 aromatic rings. The molecular formula is C18H27NO. The van der Waals surface area contributed by atoms with Crippen LogP contribution in [0.25, 0.3) is 0 Å². The number of carbonyl (C=O) groups excluding carboxylic acids is 1. The molecule has 110 valence electrons. The van der Waals surface area contributed by atoms with Gasteiger partial charge in [-0.1, -0.05) is 38.1 Å². The SMILES string of the molecule is CC(C)Cc1ccc(C(C)C(=O)N2CCCCC2)cc1. The summed E-state index contributed by atoms with van der Waals surface area (Å²) in [5.41, 5.74) is 2.51. The number of carbonyl (C=O) groups is 1. The molecule has 0 aromatic heterocycles. The normalized spacial score (nSPS) is 17.3. The molecule has 1 amide bonds. The minimum Gasteiger partial charge on any atom is -0.342 e. The second kappa shape index (κ2) is 6.92. The molecule has 0 spiro atoms. The van der Waals surface area contributed by atoms with Crippen LogP contribution < -0.4 is 0 Å². The third kappa shape index (κ3) is 3.84. The van der Waals surface area contributed by atoms with Gasteiger partial charge in [0.05, 0.1) is 5.92 Å². The molecule has 2 rings (SSSR count). The van der Waals surface area contributed by atoms with Crippen LogP contribution in [0, 0.1) is 5.92 Å². The van der Waals surface area contributed by atoms with Crippen LogP contribution in [0.2, 0.25) is 0 Å². The van der Waals surface area contributed by atoms with Gasteiger partial charge in [0.1, 0.15) is 0 Å². The van der Waals surface area contributed by atoms with Crippen LogP contribution in [-0.4, -0.2) is 23.9 Å². The van der Waals surface area contributed by atoms with E-state index in [-0.39, 0.29) is 5.92 Å². The van der Waals surface area contributed by atoms with Crippen molar-refractivity contribution in [3.63, 3.8) is 0 Å². The lowest BCUT2D eigenvalue weighted by Gasteiger charge is -2.29. The van der Waals surface area contributed by atoms with E-state index in [0.29, 0.717) is 11.8 Å². The molecule has 1 fully saturated rings. The maximum atomic E-state index is 12.5. The highest BCUT2D eigenvalue weighted by atomic mass is 16.2. The molecule has 2 nitrogen and oxygen atoms in total. The molecular weight excluding hydrogens is 246 g/mol. The van der Waals surface area contributed by atoms with Crippen LogP contribution in [-0.2, 0) is 11.2 Å². The summed E-state index contributed by atoms with van der Waals surface area (Å²) in [5.74, 6) is 0.954. The van der Waals surface area contributed by atoms with Gasteiger partial charge in [-0.25, -0.2) is 0 Å². The molecule has 1 aromatic carbocycles. The Bertz CT molecular complexity index is 429. The molecule has 0 radical (unpaired) electrons. The fourth-order valence-corrected chi connectivity index (χ4v) is 2.94. The van der Waals surface area contributed by atoms with Crippen LogP contribution >= 0.6 is 0 Å². The van der Waals surface area contributed by atoms with Gasteiger partial charge in [0.2, 0.25) is 5.91 Å². The van der Waals surface area contributed by atoms with Crippen LogP contribution in [0.5, 0.6) is 0 Å². The molecule has 20 heavy (non-hydrogen) atoms. The Morgan fingerprint density at radius 3 is 2.20 bits per heavy atom. The van der Waals surface area contributed by atoms with Gasteiger partial charge in [0.15, 0.2) is 0 Å². The quantitative estimate of drug-likeness (QED) is 0.812. The van der Waals surface area contributed by atoms with Crippen molar-refractivity contribution >= 4 is 5.91 Å². The Kier molecular flexibility index (Phi) is 5.22. The van der Waals surface area contributed by atoms with Gasteiger partial charge in [0, 0.05) is 13.1 Å². The molecule has 1 aliphatic rings. The lowest BCUT2D eigenvalue weighted by molar-refractivity contribution is -0.133. The van der Waals surface area contributed by atoms with Crippen molar-refractivity contribution in [1.82, 2.24) is 4.90 Å². The number of amides is 1. The first-order valence-electron chi connectivity index (χ1n) is 7.95. The average Bonchev–Trinajstić information content (AvgIpc) is 2.47. The van der Waals surface area contributed by atoms with Crippen molar-refractivity contribution in [2.75, 3.05) is 13.1 Å². The minimum absolute atomic E-state index is 0.0128. The molecule has 2 heteroatoms. The first kappa shape index (κ1) is 15.1. The van der Waals surface area contributed by atoms with Crippen LogP contribution in [0.3, 0.4) is 0 Å². The first-order valence-corrected chi connectivity index (χ1v) is 7.95. The number of rotatable bonds is 4. The van der Waals surface area contributed by atoms with Crippen LogP contribution in [0.15, 0.2) is 24.3 Å². The number of nitrogens with zero attached hydrogens (tertiary/aromatic N) is 1. The summed E-state index contributed by atoms with van der Waals surface area (Å²) in [7, 11) is 0. The van der Waals surface area contributed by atoms with Gasteiger partial charge in [0.25, 0.3) is 0 Å². The third-order valence-corrected chi connectivity index (χ3v) is 4.16. The summed E-state index contributed by atoms with van der Waals surface area (Å²) in [4.78, 5) is 14.5. The van der Waals surface area contributed by atoms with Gasteiger partial charge in [-0.05, 0) is 49.7 Å². The molecule has 1 aliphatic heterocycles. The highest BCUT2D eigenvalue weighted by Gasteiger charge is 2.23. The number of piperidine rings is 1. The van der Waals surface area contributed by atoms with Gasteiger partial charge >= 0.3 is 0 Å². The second-order valence-corrected chi connectivity index (χ2v) is 6.45. The molecule has 0 aliphatic carbocycles. The van der Waals surface area contributed by atoms with Gasteiger partial charge < -0.3 is 4.90 Å². The van der Waals surface area contributed by atoms with Crippen molar-refractivity contribution in [2.45, 2.75) is 52.4 Å². The molecule has 1 unspecified atom stereocenters. The lowest BCUT2D eigenvalue weighted by Crippen LogP contribution is -2.38. The number of benzene rings is 1. The predicted molar refractivity (Wildman–Crippen MR) is 83.8 cm³/mol. The topological polar surface area (TPSA) is 20.3 Å². The zero-order chi connectivity index (χ0) is 14.5. The summed E-state index contributed by atoms with van der Waals surface area (Å²) < 4.78 is 0. The highest BCUT2D eigenvalue weighted by Crippen LogP contribution is 2.21. The summed E-state index contributed by atoms with van der Waals surface area (Å²) in [6.45, 7) is 8.38. The zero-order valence-corrected chi connectivity index (χ0v) is 13.1. The molecule has 0 saturated carbocycles. The van der Waals surface area contributed by atoms with E-state index in [0.717, 1.165) is 37.9 Å². The van der Waals surface area contributed by atoms with E-state index >= 15 is 0 Å². The molecule has 1 atom stereocenters. The first-order chi connectivity index (χ1) is 9.58. The Labute approximate surface area is 123 Å². The number of hydrogen-bond acceptors (Lipinski definition) is 1. The summed E-state index contributed by atoms with van der Waals surface area (Å²) in [6.07, 6.45) is 4.69. The Morgan fingerprint density at radius 1 is 1.05 bits per heavy atom. The smallest absolute Gasteiger partial charge is 0.229 e. The third-order valence-electron chi connectivity index (χ3n) is 4.16. The molecule has 0 bridgehead atoms. The second-order valence-electron chi connectivity index (χ2n) is 6.45. The van der Waals surface area contributed by atoms with E-state index in [1.807, 2.05) is 11.8 Å². The maximum Gasteiger partial charge on any atom is 0.229 e. The van der Waals surface area contributed by atoms with Gasteiger partial charge in [-0.2, -0.15) is 0 Å². The summed E-state index contributed by atoms with van der Waals surface area (Å²) in [5, 5.41) is 0. The van der Waals surface area contributed by atoms with E-state index in [1.165, 1.54) is 12.0 Å². The van der Waals surface area contributed by atoms with Gasteiger partial charge in [-0.3, -0.25) is 4.79 Å². The molecule has 1 saturated heterocycles. The molecule has 1 heterocycles. The van der Waals surface area contributed by atoms with E-state index in [9.17, 15) is 4.79 Å². The van der Waals surface area contributed by atoms with E-state index < -0.39 is 0 Å². The van der Waals surface area contributed by atoms with Gasteiger partial charge in [-0.15, -0.1) is 0 Å². The highest BCUT2D eigenvalue weighted by molar-refractivity contribution is 5.83. The minimum atomic E-state index is -0.0128. The van der Waals surface area contributed by atoms with E-state index in [1.54, 1.807) is 0 Å². The predicted octanol–water partition coefficient (Wildman–Crippen LogP) is 4.00. The van der Waals surface area contributed by atoms with Crippen molar-refractivity contribution in [2.24, 2.45) is 5.92 Å². The van der Waals surface area contributed by atoms with Crippen LogP contribution in [0.4, 0.5) is 0 Å². The standard InChI is InChI=1S/C18H27NO/c1-14(2)13-16-7-9-17(10-8-16)15(3)18(20)19-11-5-4-6-12-19/h7-10,14-15H,4-6,11-13H2,1-3H3. The van der Waals surface area contributed by atoms with E-state index in [2.05, 4.69) is 38.1 Å². The van der Waals surface area contributed by atoms with Crippen molar-refractivity contribution in [3.05, 3.63) is 35.4 Å². The van der Waals surface area contributed by atoms with Crippen molar-refractivity contribution < 1.29 is 4.79 Å². The Hall–Kier alpha value is -1.31. The van der Waals surface area contributed by atoms with Crippen molar-refractivity contribution in [3.8, 4) is 0 Å². The van der Waals surface area contributed by atoms with Crippen LogP contribution in [0.1, 0.15) is 57.1 Å². The van der Waals surface area contributed by atoms with Crippen molar-refractivity contribution in [1.29, 1.82) is 0 Å². The lowest BCUT2D eigenvalue weighted by atomic mass is 9.95. The van der Waals surface area contributed by atoms with E-state index in [4.69, 9.17) is 0 Å². The fraction of sp³-hybridized carbons (Fsp3) is 0.611. The Morgan fingerprint density at radius 2 is 1.65 bits per heavy atom. The Balaban J connectivity index is 2.00. The monoisotopic (exact) mass is 273 g/mol. The summed E-state index contributed by atoms with van der Waals surface area (Å²) >= 11 is 0. The largest absolute Gasteiger partial charge is 0.342 e. The molecule has 0 N–H and O–H groups in total. The number of likely N-dealkylation sites (tertiary alicyclic amines) is 1. The number of hydrogen-bond donors (Lipinski definition) is 0.